The van der Waals surface area contributed by atoms with Gasteiger partial charge in [-0.3, -0.25) is 0 Å². The Labute approximate surface area is 130 Å². The van der Waals surface area contributed by atoms with Crippen molar-refractivity contribution in [2.45, 2.75) is 13.5 Å². The first kappa shape index (κ1) is 14.2. The summed E-state index contributed by atoms with van der Waals surface area (Å²) < 4.78 is 7.50. The van der Waals surface area contributed by atoms with Crippen LogP contribution in [0.3, 0.4) is 0 Å². The highest BCUT2D eigenvalue weighted by Crippen LogP contribution is 2.24. The number of hydrogen-bond donors (Lipinski definition) is 1. The van der Waals surface area contributed by atoms with Crippen molar-refractivity contribution in [1.29, 1.82) is 0 Å². The number of benzene rings is 2. The van der Waals surface area contributed by atoms with Crippen LogP contribution in [0.5, 0.6) is 5.75 Å². The summed E-state index contributed by atoms with van der Waals surface area (Å²) in [5.41, 5.74) is 3.18. The van der Waals surface area contributed by atoms with Crippen LogP contribution in [0.25, 0.3) is 5.69 Å². The van der Waals surface area contributed by atoms with E-state index in [0.29, 0.717) is 13.2 Å². The molecule has 1 aromatic heterocycles. The van der Waals surface area contributed by atoms with Gasteiger partial charge in [-0.25, -0.2) is 4.68 Å². The fraction of sp³-hybridized carbons (Fsp3) is 0.167. The van der Waals surface area contributed by atoms with Crippen LogP contribution in [0, 0.1) is 0 Å². The predicted molar refractivity (Wildman–Crippen MR) is 88.5 cm³/mol. The van der Waals surface area contributed by atoms with Crippen molar-refractivity contribution in [3.05, 3.63) is 72.6 Å². The molecular weight excluding hydrogens is 274 g/mol. The highest BCUT2D eigenvalue weighted by molar-refractivity contribution is 5.56. The Balaban J connectivity index is 1.69. The summed E-state index contributed by atoms with van der Waals surface area (Å²) in [5.74, 6) is 0.875. The molecule has 0 saturated carbocycles. The van der Waals surface area contributed by atoms with Gasteiger partial charge in [0.25, 0.3) is 0 Å². The lowest BCUT2D eigenvalue weighted by molar-refractivity contribution is 0.341. The Hall–Kier alpha value is -2.75. The van der Waals surface area contributed by atoms with Crippen LogP contribution in [-0.4, -0.2) is 16.4 Å². The van der Waals surface area contributed by atoms with Crippen molar-refractivity contribution < 1.29 is 4.74 Å². The molecule has 0 atom stereocenters. The maximum atomic E-state index is 5.62. The highest BCUT2D eigenvalue weighted by Gasteiger charge is 2.04. The first-order chi connectivity index (χ1) is 10.9. The van der Waals surface area contributed by atoms with Crippen molar-refractivity contribution in [3.8, 4) is 11.4 Å². The molecule has 4 heteroatoms. The smallest absolute Gasteiger partial charge is 0.142 e. The van der Waals surface area contributed by atoms with Crippen LogP contribution in [0.2, 0.25) is 0 Å². The number of aromatic nitrogens is 2. The zero-order valence-corrected chi connectivity index (χ0v) is 12.6. The van der Waals surface area contributed by atoms with E-state index < -0.39 is 0 Å². The van der Waals surface area contributed by atoms with Crippen LogP contribution in [0.15, 0.2) is 67.0 Å². The maximum absolute atomic E-state index is 5.62. The first-order valence-electron chi connectivity index (χ1n) is 7.41. The largest absolute Gasteiger partial charge is 0.492 e. The van der Waals surface area contributed by atoms with Gasteiger partial charge in [0.15, 0.2) is 0 Å². The fourth-order valence-electron chi connectivity index (χ4n) is 2.26. The second-order valence-electron chi connectivity index (χ2n) is 4.91. The molecule has 1 heterocycles. The van der Waals surface area contributed by atoms with E-state index in [1.54, 1.807) is 0 Å². The Morgan fingerprint density at radius 3 is 2.64 bits per heavy atom. The number of para-hydroxylation sites is 3. The van der Waals surface area contributed by atoms with E-state index in [2.05, 4.69) is 10.4 Å². The van der Waals surface area contributed by atoms with Gasteiger partial charge in [-0.15, -0.1) is 0 Å². The summed E-state index contributed by atoms with van der Waals surface area (Å²) in [4.78, 5) is 0. The van der Waals surface area contributed by atoms with Crippen molar-refractivity contribution in [2.24, 2.45) is 0 Å². The Morgan fingerprint density at radius 1 is 1.05 bits per heavy atom. The summed E-state index contributed by atoms with van der Waals surface area (Å²) >= 11 is 0. The van der Waals surface area contributed by atoms with Crippen molar-refractivity contribution in [2.75, 3.05) is 11.9 Å². The molecule has 0 aliphatic heterocycles. The van der Waals surface area contributed by atoms with E-state index in [4.69, 9.17) is 4.74 Å². The van der Waals surface area contributed by atoms with Crippen LogP contribution < -0.4 is 10.1 Å². The summed E-state index contributed by atoms with van der Waals surface area (Å²) in [6.45, 7) is 3.35. The number of ether oxygens (including phenoxy) is 1. The topological polar surface area (TPSA) is 39.1 Å². The molecule has 0 aliphatic rings. The van der Waals surface area contributed by atoms with Gasteiger partial charge in [-0.1, -0.05) is 30.3 Å². The molecule has 0 unspecified atom stereocenters. The van der Waals surface area contributed by atoms with Crippen molar-refractivity contribution in [1.82, 2.24) is 9.78 Å². The van der Waals surface area contributed by atoms with Gasteiger partial charge in [0, 0.05) is 18.3 Å². The van der Waals surface area contributed by atoms with E-state index in [1.165, 1.54) is 0 Å². The van der Waals surface area contributed by atoms with Crippen LogP contribution >= 0.6 is 0 Å². The van der Waals surface area contributed by atoms with Gasteiger partial charge >= 0.3 is 0 Å². The second kappa shape index (κ2) is 6.80. The third-order valence-corrected chi connectivity index (χ3v) is 3.33. The third-order valence-electron chi connectivity index (χ3n) is 3.33. The summed E-state index contributed by atoms with van der Waals surface area (Å²) in [6, 6.07) is 18.1. The zero-order chi connectivity index (χ0) is 15.2. The number of nitrogens with zero attached hydrogens (tertiary/aromatic N) is 2. The number of anilines is 1. The third kappa shape index (κ3) is 3.28. The molecule has 3 aromatic rings. The quantitative estimate of drug-likeness (QED) is 0.749. The zero-order valence-electron chi connectivity index (χ0n) is 12.6. The monoisotopic (exact) mass is 293 g/mol. The van der Waals surface area contributed by atoms with Gasteiger partial charge in [-0.2, -0.15) is 5.10 Å². The molecule has 3 rings (SSSR count). The Bertz CT molecular complexity index is 722. The normalized spacial score (nSPS) is 10.4. The molecule has 0 aliphatic carbocycles. The average Bonchev–Trinajstić information content (AvgIpc) is 3.04. The van der Waals surface area contributed by atoms with Gasteiger partial charge in [-0.05, 0) is 31.2 Å². The van der Waals surface area contributed by atoms with E-state index in [9.17, 15) is 0 Å². The molecular formula is C18H19N3O. The standard InChI is InChI=1S/C18H19N3O/c1-2-22-18-11-7-6-10-17(18)19-12-15-13-20-21(14-15)16-8-4-3-5-9-16/h3-11,13-14,19H,2,12H2,1H3. The number of nitrogens with one attached hydrogen (secondary N) is 1. The highest BCUT2D eigenvalue weighted by atomic mass is 16.5. The lowest BCUT2D eigenvalue weighted by Crippen LogP contribution is -2.02. The van der Waals surface area contributed by atoms with Gasteiger partial charge in [0.05, 0.1) is 24.2 Å². The minimum atomic E-state index is 0.657. The second-order valence-corrected chi connectivity index (χ2v) is 4.91. The maximum Gasteiger partial charge on any atom is 0.142 e. The minimum absolute atomic E-state index is 0.657. The first-order valence-corrected chi connectivity index (χ1v) is 7.41. The molecule has 112 valence electrons. The predicted octanol–water partition coefficient (Wildman–Crippen LogP) is 3.88. The SMILES string of the molecule is CCOc1ccccc1NCc1cnn(-c2ccccc2)c1. The molecule has 0 spiro atoms. The Morgan fingerprint density at radius 2 is 1.82 bits per heavy atom. The molecule has 0 radical (unpaired) electrons. The molecule has 1 N–H and O–H groups in total. The lowest BCUT2D eigenvalue weighted by atomic mass is 10.2. The van der Waals surface area contributed by atoms with Crippen LogP contribution in [-0.2, 0) is 6.54 Å². The van der Waals surface area contributed by atoms with E-state index in [0.717, 1.165) is 22.7 Å². The van der Waals surface area contributed by atoms with E-state index >= 15 is 0 Å². The average molecular weight is 293 g/mol. The molecule has 22 heavy (non-hydrogen) atoms. The Kier molecular flexibility index (Phi) is 4.39. The van der Waals surface area contributed by atoms with E-state index in [1.807, 2.05) is 78.6 Å². The molecule has 4 nitrogen and oxygen atoms in total. The molecule has 0 bridgehead atoms. The van der Waals surface area contributed by atoms with Gasteiger partial charge in [0.2, 0.25) is 0 Å². The minimum Gasteiger partial charge on any atom is -0.492 e. The van der Waals surface area contributed by atoms with Gasteiger partial charge in [0.1, 0.15) is 5.75 Å². The summed E-state index contributed by atoms with van der Waals surface area (Å²) in [6.07, 6.45) is 3.91. The van der Waals surface area contributed by atoms with Crippen molar-refractivity contribution >= 4 is 5.69 Å². The van der Waals surface area contributed by atoms with Crippen molar-refractivity contribution in [3.63, 3.8) is 0 Å². The lowest BCUT2D eigenvalue weighted by Gasteiger charge is -2.11. The molecule has 0 amide bonds. The summed E-state index contributed by atoms with van der Waals surface area (Å²) in [5, 5.41) is 7.80. The molecule has 2 aromatic carbocycles. The van der Waals surface area contributed by atoms with Gasteiger partial charge < -0.3 is 10.1 Å². The van der Waals surface area contributed by atoms with Crippen LogP contribution in [0.4, 0.5) is 5.69 Å². The molecule has 0 saturated heterocycles. The number of rotatable bonds is 6. The summed E-state index contributed by atoms with van der Waals surface area (Å²) in [7, 11) is 0. The van der Waals surface area contributed by atoms with Crippen LogP contribution in [0.1, 0.15) is 12.5 Å². The molecule has 0 fully saturated rings. The number of hydrogen-bond acceptors (Lipinski definition) is 3. The fourth-order valence-corrected chi connectivity index (χ4v) is 2.26. The van der Waals surface area contributed by atoms with E-state index in [-0.39, 0.29) is 0 Å².